The highest BCUT2D eigenvalue weighted by atomic mass is 79.9. The first-order chi connectivity index (χ1) is 10.1. The Bertz CT molecular complexity index is 664. The average Bonchev–Trinajstić information content (AvgIpc) is 2.48. The summed E-state index contributed by atoms with van der Waals surface area (Å²) in [6, 6.07) is 13.0. The molecule has 1 N–H and O–H groups in total. The van der Waals surface area contributed by atoms with Crippen LogP contribution in [-0.4, -0.2) is 16.8 Å². The predicted molar refractivity (Wildman–Crippen MR) is 86.0 cm³/mol. The monoisotopic (exact) mass is 367 g/mol. The number of amides is 1. The summed E-state index contributed by atoms with van der Waals surface area (Å²) in [6.07, 6.45) is 0. The molecule has 0 aliphatic heterocycles. The molecular weight excluding hydrogens is 357 g/mol. The third-order valence-corrected chi connectivity index (χ3v) is 3.95. The zero-order chi connectivity index (χ0) is 15.2. The molecular formula is C15H11BrFNO2S. The van der Waals surface area contributed by atoms with Crippen molar-refractivity contribution < 1.29 is 14.0 Å². The molecule has 0 heterocycles. The van der Waals surface area contributed by atoms with Crippen LogP contribution >= 0.6 is 27.7 Å². The topological polar surface area (TPSA) is 46.2 Å². The molecule has 0 unspecified atom stereocenters. The molecule has 0 aliphatic rings. The number of anilines is 1. The Morgan fingerprint density at radius 3 is 2.52 bits per heavy atom. The van der Waals surface area contributed by atoms with Crippen molar-refractivity contribution in [2.24, 2.45) is 0 Å². The molecule has 3 nitrogen and oxygen atoms in total. The van der Waals surface area contributed by atoms with Gasteiger partial charge < -0.3 is 5.32 Å². The van der Waals surface area contributed by atoms with E-state index in [1.807, 2.05) is 6.07 Å². The molecule has 2 aromatic rings. The number of carbonyl (C=O) groups is 2. The maximum Gasteiger partial charge on any atom is 0.234 e. The van der Waals surface area contributed by atoms with E-state index in [2.05, 4.69) is 21.2 Å². The van der Waals surface area contributed by atoms with Crippen molar-refractivity contribution in [3.8, 4) is 0 Å². The molecule has 0 bridgehead atoms. The Morgan fingerprint density at radius 1 is 1.14 bits per heavy atom. The second-order valence-electron chi connectivity index (χ2n) is 4.11. The molecule has 0 atom stereocenters. The largest absolute Gasteiger partial charge is 0.323 e. The van der Waals surface area contributed by atoms with Crippen LogP contribution in [0.3, 0.4) is 0 Å². The number of carbonyl (C=O) groups excluding carboxylic acids is 2. The Kier molecular flexibility index (Phi) is 5.52. The number of halogens is 2. The normalized spacial score (nSPS) is 10.2. The van der Waals surface area contributed by atoms with Crippen LogP contribution in [0.1, 0.15) is 10.4 Å². The number of rotatable bonds is 4. The first-order valence-corrected chi connectivity index (χ1v) is 7.81. The summed E-state index contributed by atoms with van der Waals surface area (Å²) in [6.45, 7) is 0. The Morgan fingerprint density at radius 2 is 1.86 bits per heavy atom. The van der Waals surface area contributed by atoms with Gasteiger partial charge in [-0.2, -0.15) is 0 Å². The molecule has 1 amide bonds. The van der Waals surface area contributed by atoms with Crippen LogP contribution in [0.2, 0.25) is 0 Å². The molecule has 0 spiro atoms. The van der Waals surface area contributed by atoms with E-state index in [1.54, 1.807) is 30.3 Å². The van der Waals surface area contributed by atoms with Gasteiger partial charge in [0.15, 0.2) is 0 Å². The van der Waals surface area contributed by atoms with Gasteiger partial charge in [0, 0.05) is 10.0 Å². The molecule has 0 aromatic heterocycles. The van der Waals surface area contributed by atoms with Gasteiger partial charge in [-0.15, -0.1) is 0 Å². The van der Waals surface area contributed by atoms with Crippen LogP contribution < -0.4 is 5.32 Å². The number of hydrogen-bond acceptors (Lipinski definition) is 3. The number of thioether (sulfide) groups is 1. The highest BCUT2D eigenvalue weighted by molar-refractivity contribution is 9.10. The van der Waals surface area contributed by atoms with Gasteiger partial charge in [-0.1, -0.05) is 58.0 Å². The van der Waals surface area contributed by atoms with E-state index in [0.29, 0.717) is 10.0 Å². The van der Waals surface area contributed by atoms with E-state index >= 15 is 0 Å². The van der Waals surface area contributed by atoms with Crippen LogP contribution in [0.4, 0.5) is 10.1 Å². The molecule has 6 heteroatoms. The van der Waals surface area contributed by atoms with Gasteiger partial charge >= 0.3 is 0 Å². The maximum absolute atomic E-state index is 13.6. The van der Waals surface area contributed by atoms with Crippen LogP contribution in [0.5, 0.6) is 0 Å². The van der Waals surface area contributed by atoms with Gasteiger partial charge in [0.2, 0.25) is 11.0 Å². The number of nitrogens with one attached hydrogen (secondary N) is 1. The van der Waals surface area contributed by atoms with E-state index < -0.39 is 11.7 Å². The zero-order valence-electron chi connectivity index (χ0n) is 10.8. The van der Waals surface area contributed by atoms with E-state index in [4.69, 9.17) is 0 Å². The van der Waals surface area contributed by atoms with Crippen molar-refractivity contribution in [3.05, 3.63) is 64.4 Å². The van der Waals surface area contributed by atoms with Crippen molar-refractivity contribution in [1.82, 2.24) is 0 Å². The summed E-state index contributed by atoms with van der Waals surface area (Å²) in [4.78, 5) is 23.5. The van der Waals surface area contributed by atoms with Crippen molar-refractivity contribution in [3.63, 3.8) is 0 Å². The van der Waals surface area contributed by atoms with Gasteiger partial charge in [0.25, 0.3) is 0 Å². The van der Waals surface area contributed by atoms with Crippen molar-refractivity contribution in [1.29, 1.82) is 0 Å². The first kappa shape index (κ1) is 15.7. The van der Waals surface area contributed by atoms with Crippen LogP contribution in [-0.2, 0) is 4.79 Å². The standard InChI is InChI=1S/C15H11BrFNO2S/c16-11-6-7-13(12(17)8-11)18-14(19)9-21-15(20)10-4-2-1-3-5-10/h1-8H,9H2,(H,18,19). The zero-order valence-corrected chi connectivity index (χ0v) is 13.2. The van der Waals surface area contributed by atoms with Gasteiger partial charge in [-0.05, 0) is 18.2 Å². The van der Waals surface area contributed by atoms with Crippen molar-refractivity contribution >= 4 is 44.4 Å². The molecule has 0 aliphatic carbocycles. The fraction of sp³-hybridized carbons (Fsp3) is 0.0667. The van der Waals surface area contributed by atoms with Crippen LogP contribution in [0.25, 0.3) is 0 Å². The molecule has 2 aromatic carbocycles. The second-order valence-corrected chi connectivity index (χ2v) is 5.98. The lowest BCUT2D eigenvalue weighted by atomic mass is 10.2. The first-order valence-electron chi connectivity index (χ1n) is 6.03. The van der Waals surface area contributed by atoms with Crippen LogP contribution in [0, 0.1) is 5.82 Å². The average molecular weight is 368 g/mol. The van der Waals surface area contributed by atoms with Gasteiger partial charge in [0.05, 0.1) is 11.4 Å². The van der Waals surface area contributed by atoms with E-state index in [0.717, 1.165) is 11.8 Å². The van der Waals surface area contributed by atoms with Crippen molar-refractivity contribution in [2.75, 3.05) is 11.1 Å². The fourth-order valence-electron chi connectivity index (χ4n) is 1.57. The lowest BCUT2D eigenvalue weighted by molar-refractivity contribution is -0.113. The maximum atomic E-state index is 13.6. The van der Waals surface area contributed by atoms with Crippen LogP contribution in [0.15, 0.2) is 53.0 Å². The lowest BCUT2D eigenvalue weighted by Gasteiger charge is -2.06. The predicted octanol–water partition coefficient (Wildman–Crippen LogP) is 4.10. The van der Waals surface area contributed by atoms with E-state index in [1.165, 1.54) is 12.1 Å². The molecule has 2 rings (SSSR count). The Labute approximate surface area is 134 Å². The Balaban J connectivity index is 1.89. The summed E-state index contributed by atoms with van der Waals surface area (Å²) in [5.41, 5.74) is 0.626. The van der Waals surface area contributed by atoms with E-state index in [-0.39, 0.29) is 16.6 Å². The molecule has 0 saturated heterocycles. The quantitative estimate of drug-likeness (QED) is 0.884. The summed E-state index contributed by atoms with van der Waals surface area (Å²) in [5, 5.41) is 2.24. The highest BCUT2D eigenvalue weighted by Gasteiger charge is 2.11. The summed E-state index contributed by atoms with van der Waals surface area (Å²) in [5.74, 6) is -1.02. The minimum absolute atomic E-state index is 0.0662. The highest BCUT2D eigenvalue weighted by Crippen LogP contribution is 2.20. The SMILES string of the molecule is O=C(CSC(=O)c1ccccc1)Nc1ccc(Br)cc1F. The fourth-order valence-corrected chi connectivity index (χ4v) is 2.54. The number of benzene rings is 2. The molecule has 0 fully saturated rings. The third-order valence-electron chi connectivity index (χ3n) is 2.55. The van der Waals surface area contributed by atoms with E-state index in [9.17, 15) is 14.0 Å². The minimum Gasteiger partial charge on any atom is -0.323 e. The molecule has 108 valence electrons. The lowest BCUT2D eigenvalue weighted by Crippen LogP contribution is -2.16. The van der Waals surface area contributed by atoms with Gasteiger partial charge in [-0.25, -0.2) is 4.39 Å². The molecule has 0 radical (unpaired) electrons. The van der Waals surface area contributed by atoms with Crippen molar-refractivity contribution in [2.45, 2.75) is 0 Å². The Hall–Kier alpha value is -1.66. The summed E-state index contributed by atoms with van der Waals surface area (Å²) in [7, 11) is 0. The third kappa shape index (κ3) is 4.68. The summed E-state index contributed by atoms with van der Waals surface area (Å²) >= 11 is 4.02. The van der Waals surface area contributed by atoms with Gasteiger partial charge in [-0.3, -0.25) is 9.59 Å². The second kappa shape index (κ2) is 7.38. The number of hydrogen-bond donors (Lipinski definition) is 1. The van der Waals surface area contributed by atoms with Gasteiger partial charge in [0.1, 0.15) is 5.82 Å². The summed E-state index contributed by atoms with van der Waals surface area (Å²) < 4.78 is 14.1. The smallest absolute Gasteiger partial charge is 0.234 e. The minimum atomic E-state index is -0.530. The molecule has 21 heavy (non-hydrogen) atoms. The molecule has 0 saturated carbocycles.